The van der Waals surface area contributed by atoms with E-state index < -0.39 is 0 Å². The van der Waals surface area contributed by atoms with Crippen LogP contribution in [0.1, 0.15) is 29.8 Å². The standard InChI is InChI=1S/C13H17ClNO/c1-3-15(4-2)13(16)12-7-5-6-11(10-12)8-9-14/h5-7,9-10H,3-4,8H2,1-2H3. The van der Waals surface area contributed by atoms with Gasteiger partial charge in [-0.15, -0.1) is 11.6 Å². The number of benzene rings is 1. The maximum absolute atomic E-state index is 12.0. The molecule has 1 aromatic rings. The Balaban J connectivity index is 2.86. The van der Waals surface area contributed by atoms with Crippen LogP contribution in [-0.2, 0) is 6.42 Å². The van der Waals surface area contributed by atoms with E-state index in [-0.39, 0.29) is 5.91 Å². The molecule has 0 saturated heterocycles. The van der Waals surface area contributed by atoms with Crippen LogP contribution in [0.15, 0.2) is 24.3 Å². The molecule has 16 heavy (non-hydrogen) atoms. The fourth-order valence-electron chi connectivity index (χ4n) is 1.61. The van der Waals surface area contributed by atoms with Crippen molar-refractivity contribution in [1.29, 1.82) is 0 Å². The molecule has 0 heterocycles. The Kier molecular flexibility index (Phi) is 5.33. The zero-order valence-electron chi connectivity index (χ0n) is 9.74. The molecule has 0 aliphatic carbocycles. The minimum absolute atomic E-state index is 0.0847. The zero-order valence-corrected chi connectivity index (χ0v) is 10.5. The highest BCUT2D eigenvalue weighted by atomic mass is 35.5. The van der Waals surface area contributed by atoms with E-state index in [0.717, 1.165) is 24.2 Å². The van der Waals surface area contributed by atoms with Crippen molar-refractivity contribution in [1.82, 2.24) is 4.90 Å². The molecule has 0 aliphatic rings. The van der Waals surface area contributed by atoms with Crippen LogP contribution in [0, 0.1) is 5.88 Å². The van der Waals surface area contributed by atoms with Gasteiger partial charge in [-0.25, -0.2) is 0 Å². The van der Waals surface area contributed by atoms with Gasteiger partial charge in [-0.2, -0.15) is 0 Å². The lowest BCUT2D eigenvalue weighted by molar-refractivity contribution is 0.0773. The molecule has 0 aliphatic heterocycles. The number of halogens is 1. The second-order valence-electron chi connectivity index (χ2n) is 3.54. The topological polar surface area (TPSA) is 20.3 Å². The minimum Gasteiger partial charge on any atom is -0.339 e. The highest BCUT2D eigenvalue weighted by molar-refractivity contribution is 6.23. The Bertz CT molecular complexity index is 348. The third kappa shape index (κ3) is 3.24. The van der Waals surface area contributed by atoms with Gasteiger partial charge in [0.1, 0.15) is 0 Å². The van der Waals surface area contributed by atoms with Crippen molar-refractivity contribution in [3.05, 3.63) is 41.3 Å². The lowest BCUT2D eigenvalue weighted by Crippen LogP contribution is -2.30. The van der Waals surface area contributed by atoms with Crippen LogP contribution in [-0.4, -0.2) is 23.9 Å². The molecule has 87 valence electrons. The van der Waals surface area contributed by atoms with Crippen molar-refractivity contribution >= 4 is 17.5 Å². The van der Waals surface area contributed by atoms with Crippen LogP contribution < -0.4 is 0 Å². The number of nitrogens with zero attached hydrogens (tertiary/aromatic N) is 1. The van der Waals surface area contributed by atoms with E-state index >= 15 is 0 Å². The smallest absolute Gasteiger partial charge is 0.253 e. The third-order valence-electron chi connectivity index (χ3n) is 2.54. The second-order valence-corrected chi connectivity index (χ2v) is 3.84. The highest BCUT2D eigenvalue weighted by Crippen LogP contribution is 2.10. The first-order valence-electron chi connectivity index (χ1n) is 5.53. The van der Waals surface area contributed by atoms with Gasteiger partial charge in [0.2, 0.25) is 0 Å². The molecule has 0 aromatic heterocycles. The number of rotatable bonds is 5. The molecule has 0 atom stereocenters. The Morgan fingerprint density at radius 3 is 2.62 bits per heavy atom. The Hall–Kier alpha value is -1.02. The molecule has 3 heteroatoms. The number of hydrogen-bond acceptors (Lipinski definition) is 1. The molecule has 0 spiro atoms. The summed E-state index contributed by atoms with van der Waals surface area (Å²) in [5.74, 6) is 1.66. The average molecular weight is 239 g/mol. The molecular formula is C13H17ClNO. The third-order valence-corrected chi connectivity index (χ3v) is 2.69. The van der Waals surface area contributed by atoms with Crippen molar-refractivity contribution in [2.45, 2.75) is 20.3 Å². The second kappa shape index (κ2) is 6.54. The number of carbonyl (C=O) groups excluding carboxylic acids is 1. The lowest BCUT2D eigenvalue weighted by atomic mass is 10.1. The van der Waals surface area contributed by atoms with E-state index in [9.17, 15) is 4.79 Å². The van der Waals surface area contributed by atoms with Gasteiger partial charge in [0.05, 0.1) is 5.88 Å². The Morgan fingerprint density at radius 1 is 1.38 bits per heavy atom. The summed E-state index contributed by atoms with van der Waals surface area (Å²) in [5, 5.41) is 0. The molecule has 0 bridgehead atoms. The van der Waals surface area contributed by atoms with Gasteiger partial charge in [-0.3, -0.25) is 4.79 Å². The molecule has 0 saturated carbocycles. The quantitative estimate of drug-likeness (QED) is 0.772. The van der Waals surface area contributed by atoms with Crippen LogP contribution in [0.5, 0.6) is 0 Å². The highest BCUT2D eigenvalue weighted by Gasteiger charge is 2.12. The Morgan fingerprint density at radius 2 is 2.06 bits per heavy atom. The molecular weight excluding hydrogens is 222 g/mol. The predicted octanol–water partition coefficient (Wildman–Crippen LogP) is 3.11. The van der Waals surface area contributed by atoms with Crippen LogP contribution >= 0.6 is 11.6 Å². The van der Waals surface area contributed by atoms with Gasteiger partial charge < -0.3 is 4.90 Å². The first-order chi connectivity index (χ1) is 7.72. The Labute approximate surface area is 102 Å². The maximum Gasteiger partial charge on any atom is 0.253 e. The number of carbonyl (C=O) groups is 1. The van der Waals surface area contributed by atoms with E-state index in [2.05, 4.69) is 0 Å². The fourth-order valence-corrected chi connectivity index (χ4v) is 1.79. The predicted molar refractivity (Wildman–Crippen MR) is 67.6 cm³/mol. The normalized spacial score (nSPS) is 10.2. The molecule has 1 aromatic carbocycles. The molecule has 0 unspecified atom stereocenters. The van der Waals surface area contributed by atoms with Gasteiger partial charge in [0.15, 0.2) is 0 Å². The van der Waals surface area contributed by atoms with E-state index in [1.54, 1.807) is 5.88 Å². The van der Waals surface area contributed by atoms with E-state index in [1.165, 1.54) is 0 Å². The largest absolute Gasteiger partial charge is 0.339 e. The van der Waals surface area contributed by atoms with E-state index in [1.807, 2.05) is 43.0 Å². The van der Waals surface area contributed by atoms with E-state index in [0.29, 0.717) is 6.42 Å². The van der Waals surface area contributed by atoms with Crippen molar-refractivity contribution < 1.29 is 4.79 Å². The summed E-state index contributed by atoms with van der Waals surface area (Å²) in [6.45, 7) is 5.44. The van der Waals surface area contributed by atoms with Gasteiger partial charge in [0.25, 0.3) is 5.91 Å². The summed E-state index contributed by atoms with van der Waals surface area (Å²) in [6, 6.07) is 7.61. The number of amides is 1. The van der Waals surface area contributed by atoms with Crippen molar-refractivity contribution in [3.8, 4) is 0 Å². The van der Waals surface area contributed by atoms with Crippen molar-refractivity contribution in [3.63, 3.8) is 0 Å². The summed E-state index contributed by atoms with van der Waals surface area (Å²) in [4.78, 5) is 13.9. The summed E-state index contributed by atoms with van der Waals surface area (Å²) in [5.41, 5.74) is 1.80. The molecule has 1 radical (unpaired) electrons. The lowest BCUT2D eigenvalue weighted by Gasteiger charge is -2.18. The fraction of sp³-hybridized carbons (Fsp3) is 0.385. The summed E-state index contributed by atoms with van der Waals surface area (Å²) in [6.07, 6.45) is 0.681. The first-order valence-corrected chi connectivity index (χ1v) is 5.96. The summed E-state index contributed by atoms with van der Waals surface area (Å²) in [7, 11) is 0. The van der Waals surface area contributed by atoms with Crippen LogP contribution in [0.3, 0.4) is 0 Å². The van der Waals surface area contributed by atoms with Crippen LogP contribution in [0.25, 0.3) is 0 Å². The van der Waals surface area contributed by atoms with Gasteiger partial charge >= 0.3 is 0 Å². The van der Waals surface area contributed by atoms with Crippen molar-refractivity contribution in [2.24, 2.45) is 0 Å². The minimum atomic E-state index is 0.0847. The monoisotopic (exact) mass is 238 g/mol. The summed E-state index contributed by atoms with van der Waals surface area (Å²) < 4.78 is 0. The number of hydrogen-bond donors (Lipinski definition) is 0. The van der Waals surface area contributed by atoms with Crippen molar-refractivity contribution in [2.75, 3.05) is 13.1 Å². The van der Waals surface area contributed by atoms with Gasteiger partial charge in [-0.05, 0) is 38.0 Å². The average Bonchev–Trinajstić information content (AvgIpc) is 2.31. The molecule has 0 fully saturated rings. The summed E-state index contributed by atoms with van der Waals surface area (Å²) >= 11 is 5.56. The van der Waals surface area contributed by atoms with Crippen LogP contribution in [0.4, 0.5) is 0 Å². The van der Waals surface area contributed by atoms with Crippen LogP contribution in [0.2, 0.25) is 0 Å². The van der Waals surface area contributed by atoms with E-state index in [4.69, 9.17) is 11.6 Å². The molecule has 0 N–H and O–H groups in total. The first kappa shape index (κ1) is 13.0. The SMILES string of the molecule is CCN(CC)C(=O)c1cccc(C[CH]Cl)c1. The maximum atomic E-state index is 12.0. The van der Waals surface area contributed by atoms with Gasteiger partial charge in [0, 0.05) is 18.7 Å². The molecule has 1 amide bonds. The molecule has 1 rings (SSSR count). The van der Waals surface area contributed by atoms with Gasteiger partial charge in [-0.1, -0.05) is 12.1 Å². The zero-order chi connectivity index (χ0) is 12.0. The molecule has 2 nitrogen and oxygen atoms in total.